The first-order chi connectivity index (χ1) is 8.87. The van der Waals surface area contributed by atoms with Gasteiger partial charge in [0.25, 0.3) is 0 Å². The molecule has 0 unspecified atom stereocenters. The van der Waals surface area contributed by atoms with Gasteiger partial charge in [-0.05, 0) is 51.5 Å². The predicted octanol–water partition coefficient (Wildman–Crippen LogP) is 3.23. The molecule has 0 aliphatic carbocycles. The second kappa shape index (κ2) is 5.43. The molecule has 1 N–H and O–H groups in total. The van der Waals surface area contributed by atoms with E-state index in [2.05, 4.69) is 71.2 Å². The lowest BCUT2D eigenvalue weighted by molar-refractivity contribution is 0.415. The van der Waals surface area contributed by atoms with E-state index in [0.29, 0.717) is 6.54 Å². The number of halogens is 1. The average molecular weight is 323 g/mol. The third-order valence-corrected chi connectivity index (χ3v) is 3.28. The van der Waals surface area contributed by atoms with Gasteiger partial charge in [0, 0.05) is 10.0 Å². The number of hydrogen-bond donors (Lipinski definition) is 1. The highest BCUT2D eigenvalue weighted by atomic mass is 79.9. The summed E-state index contributed by atoms with van der Waals surface area (Å²) in [6.07, 6.45) is 1.60. The smallest absolute Gasteiger partial charge is 0.146 e. The molecule has 0 bridgehead atoms. The zero-order chi connectivity index (χ0) is 14.0. The van der Waals surface area contributed by atoms with Crippen LogP contribution in [0, 0.1) is 6.92 Å². The molecule has 2 aromatic rings. The lowest BCUT2D eigenvalue weighted by Crippen LogP contribution is -2.36. The van der Waals surface area contributed by atoms with Gasteiger partial charge in [-0.3, -0.25) is 0 Å². The Labute approximate surface area is 122 Å². The fourth-order valence-corrected chi connectivity index (χ4v) is 2.26. The summed E-state index contributed by atoms with van der Waals surface area (Å²) in [6.45, 7) is 9.18. The Morgan fingerprint density at radius 1 is 1.32 bits per heavy atom. The summed E-state index contributed by atoms with van der Waals surface area (Å²) < 4.78 is 2.96. The van der Waals surface area contributed by atoms with Crippen molar-refractivity contribution in [2.24, 2.45) is 0 Å². The fraction of sp³-hybridized carbons (Fsp3) is 0.429. The Hall–Kier alpha value is -1.20. The molecule has 0 amide bonds. The number of aromatic nitrogens is 3. The van der Waals surface area contributed by atoms with Gasteiger partial charge in [-0.2, -0.15) is 5.10 Å². The summed E-state index contributed by atoms with van der Waals surface area (Å²) in [6, 6.07) is 6.15. The number of hydrogen-bond acceptors (Lipinski definition) is 3. The molecule has 4 nitrogen and oxygen atoms in total. The highest BCUT2D eigenvalue weighted by molar-refractivity contribution is 9.10. The third kappa shape index (κ3) is 3.64. The van der Waals surface area contributed by atoms with Gasteiger partial charge in [0.1, 0.15) is 12.2 Å². The van der Waals surface area contributed by atoms with Crippen molar-refractivity contribution in [2.75, 3.05) is 0 Å². The molecule has 0 spiro atoms. The first kappa shape index (κ1) is 14.2. The van der Waals surface area contributed by atoms with Crippen LogP contribution in [0.5, 0.6) is 0 Å². The van der Waals surface area contributed by atoms with Crippen LogP contribution in [0.25, 0.3) is 5.69 Å². The topological polar surface area (TPSA) is 42.7 Å². The van der Waals surface area contributed by atoms with Crippen molar-refractivity contribution in [3.63, 3.8) is 0 Å². The highest BCUT2D eigenvalue weighted by Crippen LogP contribution is 2.19. The summed E-state index contributed by atoms with van der Waals surface area (Å²) in [5, 5.41) is 7.76. The zero-order valence-electron chi connectivity index (χ0n) is 11.7. The van der Waals surface area contributed by atoms with Crippen molar-refractivity contribution in [1.29, 1.82) is 0 Å². The fourth-order valence-electron chi connectivity index (χ4n) is 1.79. The Balaban J connectivity index is 2.28. The van der Waals surface area contributed by atoms with Crippen LogP contribution >= 0.6 is 15.9 Å². The molecule has 0 aliphatic heterocycles. The molecule has 0 saturated heterocycles. The largest absolute Gasteiger partial charge is 0.305 e. The van der Waals surface area contributed by atoms with E-state index in [1.165, 1.54) is 0 Å². The van der Waals surface area contributed by atoms with Crippen LogP contribution in [0.3, 0.4) is 0 Å². The van der Waals surface area contributed by atoms with Gasteiger partial charge in [-0.15, -0.1) is 0 Å². The predicted molar refractivity (Wildman–Crippen MR) is 80.4 cm³/mol. The van der Waals surface area contributed by atoms with E-state index in [1.807, 2.05) is 10.7 Å². The van der Waals surface area contributed by atoms with Crippen LogP contribution in [-0.2, 0) is 6.54 Å². The summed E-state index contributed by atoms with van der Waals surface area (Å²) in [4.78, 5) is 4.34. The van der Waals surface area contributed by atoms with Gasteiger partial charge < -0.3 is 5.32 Å². The summed E-state index contributed by atoms with van der Waals surface area (Å²) in [5.41, 5.74) is 2.29. The van der Waals surface area contributed by atoms with E-state index < -0.39 is 0 Å². The molecular weight excluding hydrogens is 304 g/mol. The number of rotatable bonds is 3. The van der Waals surface area contributed by atoms with Crippen molar-refractivity contribution in [2.45, 2.75) is 39.8 Å². The molecule has 2 rings (SSSR count). The Morgan fingerprint density at radius 3 is 2.68 bits per heavy atom. The summed E-state index contributed by atoms with van der Waals surface area (Å²) in [5.74, 6) is 0.917. The summed E-state index contributed by atoms with van der Waals surface area (Å²) >= 11 is 3.48. The lowest BCUT2D eigenvalue weighted by Gasteiger charge is -2.20. The van der Waals surface area contributed by atoms with Crippen LogP contribution < -0.4 is 5.32 Å². The maximum Gasteiger partial charge on any atom is 0.146 e. The van der Waals surface area contributed by atoms with Gasteiger partial charge >= 0.3 is 0 Å². The minimum absolute atomic E-state index is 0.0611. The van der Waals surface area contributed by atoms with Gasteiger partial charge in [0.15, 0.2) is 0 Å². The Bertz CT molecular complexity index is 569. The van der Waals surface area contributed by atoms with Crippen molar-refractivity contribution in [1.82, 2.24) is 20.1 Å². The molecular formula is C14H19BrN4. The second-order valence-corrected chi connectivity index (χ2v) is 6.54. The standard InChI is InChI=1S/C14H19BrN4/c1-10-7-11(15)5-6-12(10)19-13(16-9-18-19)8-17-14(2,3)4/h5-7,9,17H,8H2,1-4H3. The molecule has 5 heteroatoms. The molecule has 1 aromatic carbocycles. The minimum Gasteiger partial charge on any atom is -0.305 e. The Morgan fingerprint density at radius 2 is 2.05 bits per heavy atom. The molecule has 19 heavy (non-hydrogen) atoms. The third-order valence-electron chi connectivity index (χ3n) is 2.78. The quantitative estimate of drug-likeness (QED) is 0.943. The SMILES string of the molecule is Cc1cc(Br)ccc1-n1ncnc1CNC(C)(C)C. The van der Waals surface area contributed by atoms with E-state index in [1.54, 1.807) is 6.33 Å². The molecule has 1 aromatic heterocycles. The number of nitrogens with one attached hydrogen (secondary N) is 1. The first-order valence-corrected chi connectivity index (χ1v) is 7.06. The molecule has 0 aliphatic rings. The van der Waals surface area contributed by atoms with Crippen LogP contribution in [0.2, 0.25) is 0 Å². The first-order valence-electron chi connectivity index (χ1n) is 6.27. The van der Waals surface area contributed by atoms with E-state index in [9.17, 15) is 0 Å². The number of aryl methyl sites for hydroxylation is 1. The van der Waals surface area contributed by atoms with Gasteiger partial charge in [-0.25, -0.2) is 9.67 Å². The van der Waals surface area contributed by atoms with Crippen molar-refractivity contribution >= 4 is 15.9 Å². The normalized spacial score (nSPS) is 11.8. The van der Waals surface area contributed by atoms with Crippen LogP contribution in [0.1, 0.15) is 32.2 Å². The van der Waals surface area contributed by atoms with E-state index in [-0.39, 0.29) is 5.54 Å². The molecule has 0 saturated carbocycles. The van der Waals surface area contributed by atoms with E-state index in [4.69, 9.17) is 0 Å². The van der Waals surface area contributed by atoms with Gasteiger partial charge in [0.2, 0.25) is 0 Å². The molecule has 0 radical (unpaired) electrons. The molecule has 0 fully saturated rings. The van der Waals surface area contributed by atoms with Gasteiger partial charge in [-0.1, -0.05) is 15.9 Å². The average Bonchev–Trinajstić information content (AvgIpc) is 2.73. The minimum atomic E-state index is 0.0611. The van der Waals surface area contributed by atoms with Crippen molar-refractivity contribution in [3.05, 3.63) is 40.4 Å². The van der Waals surface area contributed by atoms with Crippen LogP contribution in [-0.4, -0.2) is 20.3 Å². The monoisotopic (exact) mass is 322 g/mol. The Kier molecular flexibility index (Phi) is 4.06. The number of benzene rings is 1. The number of nitrogens with zero attached hydrogens (tertiary/aromatic N) is 3. The summed E-state index contributed by atoms with van der Waals surface area (Å²) in [7, 11) is 0. The van der Waals surface area contributed by atoms with Gasteiger partial charge in [0.05, 0.1) is 12.2 Å². The maximum atomic E-state index is 4.34. The van der Waals surface area contributed by atoms with Crippen molar-refractivity contribution in [3.8, 4) is 5.69 Å². The van der Waals surface area contributed by atoms with Crippen LogP contribution in [0.15, 0.2) is 29.0 Å². The molecule has 102 valence electrons. The lowest BCUT2D eigenvalue weighted by atomic mass is 10.1. The zero-order valence-corrected chi connectivity index (χ0v) is 13.3. The van der Waals surface area contributed by atoms with Crippen molar-refractivity contribution < 1.29 is 0 Å². The maximum absolute atomic E-state index is 4.34. The van der Waals surface area contributed by atoms with E-state index in [0.717, 1.165) is 21.5 Å². The van der Waals surface area contributed by atoms with Crippen LogP contribution in [0.4, 0.5) is 0 Å². The highest BCUT2D eigenvalue weighted by Gasteiger charge is 2.13. The second-order valence-electron chi connectivity index (χ2n) is 5.62. The molecule has 0 atom stereocenters. The molecule has 1 heterocycles. The van der Waals surface area contributed by atoms with E-state index >= 15 is 0 Å².